The van der Waals surface area contributed by atoms with E-state index in [9.17, 15) is 4.79 Å². The summed E-state index contributed by atoms with van der Waals surface area (Å²) in [6.07, 6.45) is 6.75. The molecule has 0 bridgehead atoms. The van der Waals surface area contributed by atoms with Crippen molar-refractivity contribution in [1.82, 2.24) is 0 Å². The topological polar surface area (TPSA) is 37.3 Å². The Morgan fingerprint density at radius 2 is 1.76 bits per heavy atom. The van der Waals surface area contributed by atoms with Gasteiger partial charge in [0.05, 0.1) is 0 Å². The van der Waals surface area contributed by atoms with Crippen molar-refractivity contribution in [2.24, 2.45) is 17.8 Å². The summed E-state index contributed by atoms with van der Waals surface area (Å²) in [6, 6.07) is 0. The van der Waals surface area contributed by atoms with Gasteiger partial charge in [0.2, 0.25) is 0 Å². The molecule has 0 aliphatic heterocycles. The van der Waals surface area contributed by atoms with Crippen molar-refractivity contribution in [2.45, 2.75) is 60.3 Å². The Morgan fingerprint density at radius 1 is 1.18 bits per heavy atom. The SMILES string of the molecule is CCCC(C)CC(C)CC(C)C=C(C)C(=O)O. The maximum absolute atomic E-state index is 10.7. The van der Waals surface area contributed by atoms with E-state index in [1.807, 2.05) is 6.08 Å². The third-order valence-electron chi connectivity index (χ3n) is 3.23. The molecule has 0 aromatic carbocycles. The maximum Gasteiger partial charge on any atom is 0.330 e. The zero-order valence-corrected chi connectivity index (χ0v) is 12.0. The van der Waals surface area contributed by atoms with Crippen LogP contribution in [0.15, 0.2) is 11.6 Å². The Kier molecular flexibility index (Phi) is 7.94. The maximum atomic E-state index is 10.7. The molecular formula is C15H28O2. The smallest absolute Gasteiger partial charge is 0.330 e. The van der Waals surface area contributed by atoms with E-state index in [0.717, 1.165) is 12.3 Å². The number of carbonyl (C=O) groups is 1. The molecule has 100 valence electrons. The lowest BCUT2D eigenvalue weighted by atomic mass is 9.87. The quantitative estimate of drug-likeness (QED) is 0.634. The van der Waals surface area contributed by atoms with E-state index in [-0.39, 0.29) is 0 Å². The van der Waals surface area contributed by atoms with E-state index in [1.165, 1.54) is 19.3 Å². The van der Waals surface area contributed by atoms with Crippen LogP contribution in [0.4, 0.5) is 0 Å². The number of rotatable bonds is 8. The van der Waals surface area contributed by atoms with Gasteiger partial charge in [0.1, 0.15) is 0 Å². The largest absolute Gasteiger partial charge is 0.478 e. The summed E-state index contributed by atoms with van der Waals surface area (Å²) in [5, 5.41) is 8.81. The molecular weight excluding hydrogens is 212 g/mol. The molecule has 0 rings (SSSR count). The van der Waals surface area contributed by atoms with Gasteiger partial charge in [0, 0.05) is 5.57 Å². The first-order valence-electron chi connectivity index (χ1n) is 6.78. The number of carboxylic acids is 1. The van der Waals surface area contributed by atoms with Gasteiger partial charge in [-0.1, -0.05) is 46.6 Å². The molecule has 2 heteroatoms. The van der Waals surface area contributed by atoms with Crippen LogP contribution in [0.5, 0.6) is 0 Å². The molecule has 0 spiro atoms. The third-order valence-corrected chi connectivity index (χ3v) is 3.23. The second-order valence-electron chi connectivity index (χ2n) is 5.60. The summed E-state index contributed by atoms with van der Waals surface area (Å²) in [5.74, 6) is 1.01. The summed E-state index contributed by atoms with van der Waals surface area (Å²) in [5.41, 5.74) is 0.464. The highest BCUT2D eigenvalue weighted by Gasteiger charge is 2.12. The average Bonchev–Trinajstić information content (AvgIpc) is 2.16. The summed E-state index contributed by atoms with van der Waals surface area (Å²) >= 11 is 0. The van der Waals surface area contributed by atoms with Crippen molar-refractivity contribution in [2.75, 3.05) is 0 Å². The van der Waals surface area contributed by atoms with Gasteiger partial charge in [0.15, 0.2) is 0 Å². The van der Waals surface area contributed by atoms with Crippen LogP contribution in [0, 0.1) is 17.8 Å². The van der Waals surface area contributed by atoms with E-state index >= 15 is 0 Å². The molecule has 0 heterocycles. The lowest BCUT2D eigenvalue weighted by Crippen LogP contribution is -2.08. The van der Waals surface area contributed by atoms with Crippen LogP contribution in [0.2, 0.25) is 0 Å². The molecule has 2 nitrogen and oxygen atoms in total. The zero-order chi connectivity index (χ0) is 13.4. The third kappa shape index (κ3) is 8.00. The first-order chi connectivity index (χ1) is 7.86. The Balaban J connectivity index is 4.07. The first-order valence-corrected chi connectivity index (χ1v) is 6.78. The van der Waals surface area contributed by atoms with Gasteiger partial charge >= 0.3 is 5.97 Å². The number of aliphatic carboxylic acids is 1. The second kappa shape index (κ2) is 8.32. The van der Waals surface area contributed by atoms with Crippen LogP contribution in [0.25, 0.3) is 0 Å². The van der Waals surface area contributed by atoms with Gasteiger partial charge in [-0.05, 0) is 37.5 Å². The normalized spacial score (nSPS) is 17.6. The number of hydrogen-bond acceptors (Lipinski definition) is 1. The molecule has 0 aliphatic carbocycles. The van der Waals surface area contributed by atoms with Gasteiger partial charge < -0.3 is 5.11 Å². The van der Waals surface area contributed by atoms with Crippen LogP contribution >= 0.6 is 0 Å². The van der Waals surface area contributed by atoms with Crippen LogP contribution < -0.4 is 0 Å². The highest BCUT2D eigenvalue weighted by Crippen LogP contribution is 2.23. The summed E-state index contributed by atoms with van der Waals surface area (Å²) < 4.78 is 0. The minimum atomic E-state index is -0.802. The van der Waals surface area contributed by atoms with E-state index in [2.05, 4.69) is 27.7 Å². The fourth-order valence-electron chi connectivity index (χ4n) is 2.59. The monoisotopic (exact) mass is 240 g/mol. The van der Waals surface area contributed by atoms with Gasteiger partial charge in [-0.3, -0.25) is 0 Å². The lowest BCUT2D eigenvalue weighted by Gasteiger charge is -2.19. The Labute approximate surface area is 106 Å². The predicted octanol–water partition coefficient (Wildman–Crippen LogP) is 4.51. The van der Waals surface area contributed by atoms with E-state index in [1.54, 1.807) is 6.92 Å². The van der Waals surface area contributed by atoms with Gasteiger partial charge in [-0.25, -0.2) is 4.79 Å². The molecule has 17 heavy (non-hydrogen) atoms. The highest BCUT2D eigenvalue weighted by atomic mass is 16.4. The lowest BCUT2D eigenvalue weighted by molar-refractivity contribution is -0.132. The van der Waals surface area contributed by atoms with Gasteiger partial charge in [-0.2, -0.15) is 0 Å². The molecule has 0 aromatic heterocycles. The molecule has 0 saturated carbocycles. The molecule has 3 atom stereocenters. The van der Waals surface area contributed by atoms with Crippen LogP contribution in [0.1, 0.15) is 60.3 Å². The fourth-order valence-corrected chi connectivity index (χ4v) is 2.59. The molecule has 0 radical (unpaired) electrons. The molecule has 0 fully saturated rings. The van der Waals surface area contributed by atoms with Crippen LogP contribution in [-0.4, -0.2) is 11.1 Å². The predicted molar refractivity (Wildman–Crippen MR) is 73.0 cm³/mol. The Bertz CT molecular complexity index is 256. The summed E-state index contributed by atoms with van der Waals surface area (Å²) in [6.45, 7) is 10.6. The van der Waals surface area contributed by atoms with Gasteiger partial charge in [0.25, 0.3) is 0 Å². The van der Waals surface area contributed by atoms with E-state index < -0.39 is 5.97 Å². The zero-order valence-electron chi connectivity index (χ0n) is 12.0. The average molecular weight is 240 g/mol. The molecule has 1 N–H and O–H groups in total. The van der Waals surface area contributed by atoms with Crippen molar-refractivity contribution in [1.29, 1.82) is 0 Å². The van der Waals surface area contributed by atoms with E-state index in [0.29, 0.717) is 17.4 Å². The summed E-state index contributed by atoms with van der Waals surface area (Å²) in [4.78, 5) is 10.7. The fraction of sp³-hybridized carbons (Fsp3) is 0.800. The highest BCUT2D eigenvalue weighted by molar-refractivity contribution is 5.85. The van der Waals surface area contributed by atoms with Crippen molar-refractivity contribution in [3.63, 3.8) is 0 Å². The Morgan fingerprint density at radius 3 is 2.24 bits per heavy atom. The minimum Gasteiger partial charge on any atom is -0.478 e. The molecule has 0 saturated heterocycles. The van der Waals surface area contributed by atoms with Crippen molar-refractivity contribution in [3.05, 3.63) is 11.6 Å². The van der Waals surface area contributed by atoms with Crippen LogP contribution in [0.3, 0.4) is 0 Å². The van der Waals surface area contributed by atoms with Crippen molar-refractivity contribution in [3.8, 4) is 0 Å². The minimum absolute atomic E-state index is 0.356. The Hall–Kier alpha value is -0.790. The first kappa shape index (κ1) is 16.2. The van der Waals surface area contributed by atoms with Crippen LogP contribution in [-0.2, 0) is 4.79 Å². The standard InChI is InChI=1S/C15H28O2/c1-6-7-11(2)8-12(3)9-13(4)10-14(5)15(16)17/h10-13H,6-9H2,1-5H3,(H,16,17). The number of allylic oxidation sites excluding steroid dienone is 1. The number of carboxylic acid groups (broad SMARTS) is 1. The molecule has 0 amide bonds. The number of hydrogen-bond donors (Lipinski definition) is 1. The summed E-state index contributed by atoms with van der Waals surface area (Å²) in [7, 11) is 0. The second-order valence-corrected chi connectivity index (χ2v) is 5.60. The van der Waals surface area contributed by atoms with Crippen molar-refractivity contribution >= 4 is 5.97 Å². The molecule has 0 aromatic rings. The molecule has 3 unspecified atom stereocenters. The van der Waals surface area contributed by atoms with Crippen molar-refractivity contribution < 1.29 is 9.90 Å². The van der Waals surface area contributed by atoms with E-state index in [4.69, 9.17) is 5.11 Å². The molecule has 0 aliphatic rings. The van der Waals surface area contributed by atoms with Gasteiger partial charge in [-0.15, -0.1) is 0 Å².